The lowest BCUT2D eigenvalue weighted by Crippen LogP contribution is -2.21. The molecule has 1 N–H and O–H groups in total. The average molecular weight is 205 g/mol. The molecular formula is C12H19N3. The van der Waals surface area contributed by atoms with E-state index < -0.39 is 0 Å². The van der Waals surface area contributed by atoms with Crippen molar-refractivity contribution >= 4 is 5.69 Å². The van der Waals surface area contributed by atoms with Crippen LogP contribution in [-0.4, -0.2) is 16.5 Å². The van der Waals surface area contributed by atoms with Crippen molar-refractivity contribution < 1.29 is 0 Å². The number of nitrogens with zero attached hydrogens (tertiary/aromatic N) is 2. The van der Waals surface area contributed by atoms with Gasteiger partial charge in [0.25, 0.3) is 0 Å². The number of anilines is 1. The molecule has 1 aromatic rings. The highest BCUT2D eigenvalue weighted by Crippen LogP contribution is 2.28. The van der Waals surface area contributed by atoms with Crippen LogP contribution in [0.3, 0.4) is 0 Å². The number of rotatable bonds is 3. The topological polar surface area (TPSA) is 37.8 Å². The van der Waals surface area contributed by atoms with Gasteiger partial charge in [0.05, 0.1) is 18.1 Å². The molecule has 0 spiro atoms. The highest BCUT2D eigenvalue weighted by Gasteiger charge is 2.18. The Morgan fingerprint density at radius 1 is 1.33 bits per heavy atom. The summed E-state index contributed by atoms with van der Waals surface area (Å²) in [7, 11) is 0. The maximum Gasteiger partial charge on any atom is 0.115 e. The largest absolute Gasteiger partial charge is 0.382 e. The van der Waals surface area contributed by atoms with Crippen LogP contribution in [-0.2, 0) is 0 Å². The first kappa shape index (κ1) is 10.4. The molecule has 1 fully saturated rings. The first-order valence-corrected chi connectivity index (χ1v) is 5.83. The Morgan fingerprint density at radius 2 is 2.13 bits per heavy atom. The summed E-state index contributed by atoms with van der Waals surface area (Å²) < 4.78 is 0. The number of aromatic nitrogens is 2. The quantitative estimate of drug-likeness (QED) is 0.824. The third-order valence-electron chi connectivity index (χ3n) is 3.20. The lowest BCUT2D eigenvalue weighted by molar-refractivity contribution is 0.293. The van der Waals surface area contributed by atoms with Crippen LogP contribution >= 0.6 is 0 Å². The second-order valence-corrected chi connectivity index (χ2v) is 4.65. The zero-order valence-corrected chi connectivity index (χ0v) is 9.32. The van der Waals surface area contributed by atoms with Gasteiger partial charge in [0.1, 0.15) is 6.33 Å². The monoisotopic (exact) mass is 205 g/mol. The molecule has 3 heteroatoms. The van der Waals surface area contributed by atoms with Crippen molar-refractivity contribution in [3.05, 3.63) is 18.7 Å². The van der Waals surface area contributed by atoms with E-state index in [1.165, 1.54) is 25.7 Å². The smallest absolute Gasteiger partial charge is 0.115 e. The molecule has 1 aliphatic rings. The van der Waals surface area contributed by atoms with Crippen LogP contribution in [0.15, 0.2) is 18.7 Å². The van der Waals surface area contributed by atoms with Gasteiger partial charge in [-0.3, -0.25) is 0 Å². The zero-order valence-electron chi connectivity index (χ0n) is 9.32. The Bertz CT molecular complexity index is 286. The third-order valence-corrected chi connectivity index (χ3v) is 3.20. The van der Waals surface area contributed by atoms with Gasteiger partial charge in [-0.05, 0) is 24.7 Å². The molecule has 0 aromatic carbocycles. The molecule has 0 saturated heterocycles. The second-order valence-electron chi connectivity index (χ2n) is 4.65. The minimum absolute atomic E-state index is 0.828. The molecule has 2 rings (SSSR count). The molecular weight excluding hydrogens is 186 g/mol. The van der Waals surface area contributed by atoms with Crippen LogP contribution in [0, 0.1) is 11.8 Å². The van der Waals surface area contributed by atoms with Crippen LogP contribution < -0.4 is 5.32 Å². The molecule has 15 heavy (non-hydrogen) atoms. The minimum atomic E-state index is 0.828. The van der Waals surface area contributed by atoms with Crippen molar-refractivity contribution in [1.82, 2.24) is 9.97 Å². The van der Waals surface area contributed by atoms with Crippen LogP contribution in [0.5, 0.6) is 0 Å². The lowest BCUT2D eigenvalue weighted by Gasteiger charge is -2.26. The molecule has 1 aliphatic carbocycles. The first-order chi connectivity index (χ1) is 7.34. The van der Waals surface area contributed by atoms with Crippen molar-refractivity contribution in [2.75, 3.05) is 11.9 Å². The van der Waals surface area contributed by atoms with Crippen molar-refractivity contribution in [2.24, 2.45) is 11.8 Å². The van der Waals surface area contributed by atoms with E-state index in [9.17, 15) is 0 Å². The summed E-state index contributed by atoms with van der Waals surface area (Å²) in [5.41, 5.74) is 1.04. The molecule has 0 aliphatic heterocycles. The van der Waals surface area contributed by atoms with E-state index in [-0.39, 0.29) is 0 Å². The van der Waals surface area contributed by atoms with Gasteiger partial charge in [-0.25, -0.2) is 9.97 Å². The molecule has 2 atom stereocenters. The van der Waals surface area contributed by atoms with E-state index in [4.69, 9.17) is 0 Å². The zero-order chi connectivity index (χ0) is 10.5. The maximum absolute atomic E-state index is 3.99. The fraction of sp³-hybridized carbons (Fsp3) is 0.667. The van der Waals surface area contributed by atoms with Gasteiger partial charge in [0, 0.05) is 6.54 Å². The van der Waals surface area contributed by atoms with Crippen LogP contribution in [0.1, 0.15) is 32.6 Å². The average Bonchev–Trinajstić information content (AvgIpc) is 2.28. The molecule has 0 radical (unpaired) electrons. The lowest BCUT2D eigenvalue weighted by atomic mass is 9.82. The van der Waals surface area contributed by atoms with Gasteiger partial charge in [0.15, 0.2) is 0 Å². The fourth-order valence-corrected chi connectivity index (χ4v) is 2.40. The number of hydrogen-bond donors (Lipinski definition) is 1. The first-order valence-electron chi connectivity index (χ1n) is 5.83. The van der Waals surface area contributed by atoms with Gasteiger partial charge < -0.3 is 5.32 Å². The molecule has 1 aromatic heterocycles. The van der Waals surface area contributed by atoms with Gasteiger partial charge in [-0.15, -0.1) is 0 Å². The highest BCUT2D eigenvalue weighted by molar-refractivity contribution is 5.36. The van der Waals surface area contributed by atoms with Crippen molar-refractivity contribution in [2.45, 2.75) is 32.6 Å². The van der Waals surface area contributed by atoms with Gasteiger partial charge in [-0.1, -0.05) is 19.8 Å². The Hall–Kier alpha value is -1.12. The Labute approximate surface area is 91.3 Å². The van der Waals surface area contributed by atoms with E-state index in [0.717, 1.165) is 24.1 Å². The van der Waals surface area contributed by atoms with Crippen LogP contribution in [0.4, 0.5) is 5.69 Å². The van der Waals surface area contributed by atoms with Crippen LogP contribution in [0.2, 0.25) is 0 Å². The summed E-state index contributed by atoms with van der Waals surface area (Å²) in [4.78, 5) is 7.98. The Morgan fingerprint density at radius 3 is 2.87 bits per heavy atom. The summed E-state index contributed by atoms with van der Waals surface area (Å²) in [6.45, 7) is 3.43. The standard InChI is InChI=1S/C12H19N3/c1-10-3-2-4-11(5-10)6-15-12-7-13-9-14-8-12/h7-11,15H,2-6H2,1H3. The molecule has 0 bridgehead atoms. The predicted octanol–water partition coefficient (Wildman–Crippen LogP) is 2.71. The van der Waals surface area contributed by atoms with E-state index in [1.54, 1.807) is 6.33 Å². The normalized spacial score (nSPS) is 26.2. The maximum atomic E-state index is 3.99. The van der Waals surface area contributed by atoms with E-state index in [1.807, 2.05) is 12.4 Å². The van der Waals surface area contributed by atoms with Crippen LogP contribution in [0.25, 0.3) is 0 Å². The predicted molar refractivity (Wildman–Crippen MR) is 61.6 cm³/mol. The summed E-state index contributed by atoms with van der Waals surface area (Å²) in [6.07, 6.45) is 10.8. The Balaban J connectivity index is 1.78. The number of hydrogen-bond acceptors (Lipinski definition) is 3. The van der Waals surface area contributed by atoms with Gasteiger partial charge >= 0.3 is 0 Å². The molecule has 0 amide bonds. The SMILES string of the molecule is CC1CCCC(CNc2cncnc2)C1. The second kappa shape index (κ2) is 5.10. The molecule has 1 heterocycles. The summed E-state index contributed by atoms with van der Waals surface area (Å²) in [5.74, 6) is 1.73. The van der Waals surface area contributed by atoms with E-state index in [0.29, 0.717) is 0 Å². The summed E-state index contributed by atoms with van der Waals surface area (Å²) in [6, 6.07) is 0. The Kier molecular flexibility index (Phi) is 3.54. The molecule has 82 valence electrons. The molecule has 2 unspecified atom stereocenters. The van der Waals surface area contributed by atoms with E-state index in [2.05, 4.69) is 22.2 Å². The molecule has 1 saturated carbocycles. The fourth-order valence-electron chi connectivity index (χ4n) is 2.40. The summed E-state index contributed by atoms with van der Waals surface area (Å²) in [5, 5.41) is 3.41. The number of nitrogens with one attached hydrogen (secondary N) is 1. The highest BCUT2D eigenvalue weighted by atomic mass is 14.9. The van der Waals surface area contributed by atoms with Crippen molar-refractivity contribution in [3.8, 4) is 0 Å². The third kappa shape index (κ3) is 3.18. The van der Waals surface area contributed by atoms with Crippen molar-refractivity contribution in [1.29, 1.82) is 0 Å². The van der Waals surface area contributed by atoms with Gasteiger partial charge in [0.2, 0.25) is 0 Å². The molecule has 3 nitrogen and oxygen atoms in total. The minimum Gasteiger partial charge on any atom is -0.382 e. The van der Waals surface area contributed by atoms with Gasteiger partial charge in [-0.2, -0.15) is 0 Å². The van der Waals surface area contributed by atoms with E-state index >= 15 is 0 Å². The van der Waals surface area contributed by atoms with Crippen molar-refractivity contribution in [3.63, 3.8) is 0 Å². The summed E-state index contributed by atoms with van der Waals surface area (Å²) >= 11 is 0.